The molecular weight excluding hydrogens is 396 g/mol. The average Bonchev–Trinajstić information content (AvgIpc) is 2.72. The molecule has 0 bridgehead atoms. The van der Waals surface area contributed by atoms with Crippen LogP contribution in [0.3, 0.4) is 0 Å². The second-order valence-corrected chi connectivity index (χ2v) is 9.20. The van der Waals surface area contributed by atoms with E-state index in [2.05, 4.69) is 10.0 Å². The summed E-state index contributed by atoms with van der Waals surface area (Å²) in [6.07, 6.45) is 2.97. The summed E-state index contributed by atoms with van der Waals surface area (Å²) in [5.74, 6) is 1.10. The lowest BCUT2D eigenvalue weighted by Gasteiger charge is -2.28. The van der Waals surface area contributed by atoms with Gasteiger partial charge in [0.2, 0.25) is 15.9 Å². The second-order valence-electron chi connectivity index (χ2n) is 6.50. The van der Waals surface area contributed by atoms with Gasteiger partial charge in [-0.15, -0.1) is 0 Å². The van der Waals surface area contributed by atoms with Crippen molar-refractivity contribution < 1.29 is 17.9 Å². The Balaban J connectivity index is 1.76. The van der Waals surface area contributed by atoms with Crippen molar-refractivity contribution in [1.29, 1.82) is 0 Å². The molecule has 2 atom stereocenters. The molecule has 0 unspecified atom stereocenters. The van der Waals surface area contributed by atoms with E-state index in [-0.39, 0.29) is 16.8 Å². The monoisotopic (exact) mass is 420 g/mol. The standard InChI is InChI=1S/C20H24N2O4S2/c1-27-14-12-18(22-28(24,25)15-7-3-2-4-8-15)20(23)21-17-11-13-26-19-10-6-5-9-16(17)19/h2-10,17-18,22H,11-14H2,1H3,(H,21,23)/t17-,18+/m1/s1. The first-order chi connectivity index (χ1) is 13.5. The Kier molecular flexibility index (Phi) is 6.98. The fourth-order valence-corrected chi connectivity index (χ4v) is 4.82. The maximum Gasteiger partial charge on any atom is 0.241 e. The molecular formula is C20H24N2O4S2. The largest absolute Gasteiger partial charge is 0.493 e. The van der Waals surface area contributed by atoms with E-state index in [4.69, 9.17) is 4.74 Å². The zero-order valence-corrected chi connectivity index (χ0v) is 17.3. The van der Waals surface area contributed by atoms with Gasteiger partial charge in [-0.05, 0) is 36.6 Å². The third kappa shape index (κ3) is 5.06. The fourth-order valence-electron chi connectivity index (χ4n) is 3.10. The Morgan fingerprint density at radius 2 is 1.89 bits per heavy atom. The molecule has 2 aromatic rings. The highest BCUT2D eigenvalue weighted by atomic mass is 32.2. The van der Waals surface area contributed by atoms with Crippen LogP contribution in [0.4, 0.5) is 0 Å². The van der Waals surface area contributed by atoms with E-state index in [1.165, 1.54) is 12.1 Å². The van der Waals surface area contributed by atoms with Crippen LogP contribution in [0, 0.1) is 0 Å². The van der Waals surface area contributed by atoms with E-state index in [0.29, 0.717) is 25.2 Å². The van der Waals surface area contributed by atoms with Gasteiger partial charge >= 0.3 is 0 Å². The van der Waals surface area contributed by atoms with Gasteiger partial charge in [-0.2, -0.15) is 16.5 Å². The molecule has 0 aromatic heterocycles. The number of ether oxygens (including phenoxy) is 1. The maximum atomic E-state index is 12.9. The molecule has 1 aliphatic rings. The summed E-state index contributed by atoms with van der Waals surface area (Å²) < 4.78 is 33.6. The van der Waals surface area contributed by atoms with Gasteiger partial charge in [0.05, 0.1) is 17.5 Å². The Labute approximate surface area is 170 Å². The molecule has 1 aliphatic heterocycles. The van der Waals surface area contributed by atoms with Crippen molar-refractivity contribution in [3.8, 4) is 5.75 Å². The Bertz CT molecular complexity index is 903. The molecule has 3 rings (SSSR count). The van der Waals surface area contributed by atoms with Crippen molar-refractivity contribution in [2.24, 2.45) is 0 Å². The summed E-state index contributed by atoms with van der Waals surface area (Å²) in [5.41, 5.74) is 0.914. The first-order valence-electron chi connectivity index (χ1n) is 9.09. The maximum absolute atomic E-state index is 12.9. The lowest BCUT2D eigenvalue weighted by molar-refractivity contribution is -0.123. The molecule has 0 saturated carbocycles. The van der Waals surface area contributed by atoms with Crippen molar-refractivity contribution in [2.45, 2.75) is 29.8 Å². The third-order valence-corrected chi connectivity index (χ3v) is 6.68. The summed E-state index contributed by atoms with van der Waals surface area (Å²) in [4.78, 5) is 13.1. The molecule has 1 heterocycles. The minimum absolute atomic E-state index is 0.147. The van der Waals surface area contributed by atoms with Gasteiger partial charge in [0.1, 0.15) is 11.8 Å². The number of fused-ring (bicyclic) bond motifs is 1. The summed E-state index contributed by atoms with van der Waals surface area (Å²) in [5, 5.41) is 3.00. The number of nitrogens with one attached hydrogen (secondary N) is 2. The van der Waals surface area contributed by atoms with Crippen molar-refractivity contribution in [2.75, 3.05) is 18.6 Å². The number of para-hydroxylation sites is 1. The third-order valence-electron chi connectivity index (χ3n) is 4.55. The van der Waals surface area contributed by atoms with Gasteiger partial charge in [0, 0.05) is 12.0 Å². The Morgan fingerprint density at radius 3 is 2.64 bits per heavy atom. The van der Waals surface area contributed by atoms with Gasteiger partial charge in [-0.3, -0.25) is 4.79 Å². The molecule has 0 spiro atoms. The molecule has 0 fully saturated rings. The summed E-state index contributed by atoms with van der Waals surface area (Å²) in [7, 11) is -3.78. The van der Waals surface area contributed by atoms with E-state index in [0.717, 1.165) is 11.3 Å². The Morgan fingerprint density at radius 1 is 1.18 bits per heavy atom. The number of hydrogen-bond donors (Lipinski definition) is 2. The molecule has 6 nitrogen and oxygen atoms in total. The van der Waals surface area contributed by atoms with Crippen molar-refractivity contribution in [1.82, 2.24) is 10.0 Å². The highest BCUT2D eigenvalue weighted by Crippen LogP contribution is 2.31. The average molecular weight is 421 g/mol. The summed E-state index contributed by atoms with van der Waals surface area (Å²) in [6.45, 7) is 0.507. The Hall–Kier alpha value is -2.03. The van der Waals surface area contributed by atoms with Crippen LogP contribution in [0.15, 0.2) is 59.5 Å². The van der Waals surface area contributed by atoms with E-state index < -0.39 is 16.1 Å². The first kappa shape index (κ1) is 20.7. The highest BCUT2D eigenvalue weighted by Gasteiger charge is 2.29. The van der Waals surface area contributed by atoms with E-state index in [9.17, 15) is 13.2 Å². The fraction of sp³-hybridized carbons (Fsp3) is 0.350. The number of amides is 1. The lowest BCUT2D eigenvalue weighted by Crippen LogP contribution is -2.48. The molecule has 0 saturated heterocycles. The molecule has 28 heavy (non-hydrogen) atoms. The van der Waals surface area contributed by atoms with Crippen molar-refractivity contribution in [3.05, 3.63) is 60.2 Å². The molecule has 0 radical (unpaired) electrons. The van der Waals surface area contributed by atoms with Crippen LogP contribution in [0.1, 0.15) is 24.4 Å². The van der Waals surface area contributed by atoms with Crippen LogP contribution in [0.2, 0.25) is 0 Å². The van der Waals surface area contributed by atoms with Crippen LogP contribution < -0.4 is 14.8 Å². The molecule has 2 N–H and O–H groups in total. The van der Waals surface area contributed by atoms with E-state index in [1.54, 1.807) is 30.0 Å². The van der Waals surface area contributed by atoms with Crippen LogP contribution in [-0.4, -0.2) is 39.0 Å². The molecule has 150 valence electrons. The lowest BCUT2D eigenvalue weighted by atomic mass is 10.00. The summed E-state index contributed by atoms with van der Waals surface area (Å²) in [6, 6.07) is 14.6. The number of carbonyl (C=O) groups excluding carboxylic acids is 1. The van der Waals surface area contributed by atoms with Gasteiger partial charge in [-0.25, -0.2) is 8.42 Å². The number of rotatable bonds is 8. The second kappa shape index (κ2) is 9.45. The number of hydrogen-bond acceptors (Lipinski definition) is 5. The van der Waals surface area contributed by atoms with E-state index >= 15 is 0 Å². The van der Waals surface area contributed by atoms with Crippen LogP contribution in [0.25, 0.3) is 0 Å². The predicted molar refractivity (Wildman–Crippen MR) is 111 cm³/mol. The van der Waals surface area contributed by atoms with Crippen LogP contribution >= 0.6 is 11.8 Å². The topological polar surface area (TPSA) is 84.5 Å². The molecule has 2 aromatic carbocycles. The van der Waals surface area contributed by atoms with Crippen molar-refractivity contribution >= 4 is 27.7 Å². The molecule has 8 heteroatoms. The zero-order chi connectivity index (χ0) is 20.0. The number of carbonyl (C=O) groups is 1. The zero-order valence-electron chi connectivity index (χ0n) is 15.6. The smallest absolute Gasteiger partial charge is 0.241 e. The minimum Gasteiger partial charge on any atom is -0.493 e. The quantitative estimate of drug-likeness (QED) is 0.686. The molecule has 1 amide bonds. The number of benzene rings is 2. The van der Waals surface area contributed by atoms with Gasteiger partial charge in [0.25, 0.3) is 0 Å². The highest BCUT2D eigenvalue weighted by molar-refractivity contribution is 7.98. The SMILES string of the molecule is CSCC[C@H](NS(=O)(=O)c1ccccc1)C(=O)N[C@@H]1CCOc2ccccc21. The summed E-state index contributed by atoms with van der Waals surface area (Å²) >= 11 is 1.57. The normalized spacial score (nSPS) is 17.2. The first-order valence-corrected chi connectivity index (χ1v) is 12.0. The van der Waals surface area contributed by atoms with Gasteiger partial charge in [0.15, 0.2) is 0 Å². The van der Waals surface area contributed by atoms with Crippen LogP contribution in [0.5, 0.6) is 5.75 Å². The van der Waals surface area contributed by atoms with E-state index in [1.807, 2.05) is 30.5 Å². The van der Waals surface area contributed by atoms with Crippen LogP contribution in [-0.2, 0) is 14.8 Å². The molecule has 0 aliphatic carbocycles. The predicted octanol–water partition coefficient (Wildman–Crippen LogP) is 2.73. The number of thioether (sulfide) groups is 1. The van der Waals surface area contributed by atoms with Gasteiger partial charge in [-0.1, -0.05) is 36.4 Å². The number of sulfonamides is 1. The minimum atomic E-state index is -3.78. The van der Waals surface area contributed by atoms with Crippen molar-refractivity contribution in [3.63, 3.8) is 0 Å². The van der Waals surface area contributed by atoms with Gasteiger partial charge < -0.3 is 10.1 Å².